The number of aliphatic carboxylic acids is 1. The number of carbonyl (C=O) groups is 2. The summed E-state index contributed by atoms with van der Waals surface area (Å²) in [7, 11) is 0. The number of aromatic nitrogens is 2. The summed E-state index contributed by atoms with van der Waals surface area (Å²) in [5.74, 6) is -1.70. The van der Waals surface area contributed by atoms with Gasteiger partial charge in [0.25, 0.3) is 0 Å². The first-order valence-electron chi connectivity index (χ1n) is 5.88. The number of rotatable bonds is 3. The van der Waals surface area contributed by atoms with E-state index in [4.69, 9.17) is 0 Å². The molecule has 2 aliphatic carbocycles. The van der Waals surface area contributed by atoms with Crippen molar-refractivity contribution in [3.63, 3.8) is 0 Å². The number of allylic oxidation sites excluding steroid dienone is 2. The molecule has 0 radical (unpaired) electrons. The first kappa shape index (κ1) is 11.0. The Morgan fingerprint density at radius 3 is 2.67 bits per heavy atom. The average molecular weight is 247 g/mol. The van der Waals surface area contributed by atoms with Crippen molar-refractivity contribution in [1.29, 1.82) is 0 Å². The second-order valence-electron chi connectivity index (χ2n) is 4.80. The van der Waals surface area contributed by atoms with Crippen molar-refractivity contribution in [2.75, 3.05) is 5.32 Å². The Hall–Kier alpha value is -2.11. The minimum atomic E-state index is -0.892. The van der Waals surface area contributed by atoms with Crippen molar-refractivity contribution in [2.24, 2.45) is 23.7 Å². The van der Waals surface area contributed by atoms with Crippen LogP contribution in [0.2, 0.25) is 0 Å². The maximum absolute atomic E-state index is 12.2. The number of carboxylic acids is 1. The highest BCUT2D eigenvalue weighted by Crippen LogP contribution is 2.48. The van der Waals surface area contributed by atoms with Crippen molar-refractivity contribution in [1.82, 2.24) is 10.2 Å². The molecule has 1 heterocycles. The summed E-state index contributed by atoms with van der Waals surface area (Å²) >= 11 is 0. The highest BCUT2D eigenvalue weighted by atomic mass is 16.4. The molecule has 1 fully saturated rings. The van der Waals surface area contributed by atoms with E-state index in [1.807, 2.05) is 12.2 Å². The van der Waals surface area contributed by atoms with Gasteiger partial charge in [0.05, 0.1) is 18.0 Å². The third kappa shape index (κ3) is 1.61. The first-order chi connectivity index (χ1) is 8.66. The van der Waals surface area contributed by atoms with E-state index in [9.17, 15) is 14.7 Å². The van der Waals surface area contributed by atoms with E-state index in [0.29, 0.717) is 5.82 Å². The zero-order chi connectivity index (χ0) is 12.7. The number of aromatic amines is 1. The molecule has 1 aromatic heterocycles. The minimum absolute atomic E-state index is 0.00924. The summed E-state index contributed by atoms with van der Waals surface area (Å²) in [5, 5.41) is 18.3. The second kappa shape index (κ2) is 3.97. The van der Waals surface area contributed by atoms with Crippen LogP contribution in [0.25, 0.3) is 0 Å². The minimum Gasteiger partial charge on any atom is -0.481 e. The molecule has 2 bridgehead atoms. The van der Waals surface area contributed by atoms with Crippen LogP contribution in [0, 0.1) is 23.7 Å². The van der Waals surface area contributed by atoms with E-state index in [1.165, 1.54) is 6.20 Å². The number of H-pyrrole nitrogens is 1. The molecule has 6 nitrogen and oxygen atoms in total. The number of hydrogen-bond acceptors (Lipinski definition) is 3. The summed E-state index contributed by atoms with van der Waals surface area (Å²) < 4.78 is 0. The lowest BCUT2D eigenvalue weighted by Gasteiger charge is -2.23. The van der Waals surface area contributed by atoms with Crippen molar-refractivity contribution < 1.29 is 14.7 Å². The average Bonchev–Trinajstić information content (AvgIpc) is 3.03. The monoisotopic (exact) mass is 247 g/mol. The third-order valence-corrected chi connectivity index (χ3v) is 3.81. The Balaban J connectivity index is 1.80. The molecule has 0 spiro atoms. The molecular weight excluding hydrogens is 234 g/mol. The normalized spacial score (nSPS) is 32.7. The summed E-state index contributed by atoms with van der Waals surface area (Å²) in [6, 6.07) is 1.64. The topological polar surface area (TPSA) is 95.1 Å². The molecule has 0 saturated heterocycles. The summed E-state index contributed by atoms with van der Waals surface area (Å²) in [6.07, 6.45) is 6.17. The maximum Gasteiger partial charge on any atom is 0.307 e. The smallest absolute Gasteiger partial charge is 0.307 e. The SMILES string of the molecule is O=C(O)[C@@H]1C2C=CC(C2)[C@@H]1C(=O)Nc1ccn[nH]1. The van der Waals surface area contributed by atoms with Gasteiger partial charge < -0.3 is 10.4 Å². The van der Waals surface area contributed by atoms with Crippen molar-refractivity contribution >= 4 is 17.7 Å². The summed E-state index contributed by atoms with van der Waals surface area (Å²) in [4.78, 5) is 23.4. The zero-order valence-electron chi connectivity index (χ0n) is 9.54. The quantitative estimate of drug-likeness (QED) is 0.691. The number of amides is 1. The van der Waals surface area contributed by atoms with Crippen LogP contribution in [-0.2, 0) is 9.59 Å². The van der Waals surface area contributed by atoms with Gasteiger partial charge in [0.15, 0.2) is 0 Å². The molecule has 1 aromatic rings. The molecule has 3 rings (SSSR count). The lowest BCUT2D eigenvalue weighted by atomic mass is 9.82. The molecule has 0 aliphatic heterocycles. The number of hydrogen-bond donors (Lipinski definition) is 3. The number of nitrogens with one attached hydrogen (secondary N) is 2. The Kier molecular flexibility index (Phi) is 2.43. The lowest BCUT2D eigenvalue weighted by molar-refractivity contribution is -0.146. The molecule has 2 aliphatic rings. The predicted octanol–water partition coefficient (Wildman–Crippen LogP) is 0.871. The fraction of sp³-hybridized carbons (Fsp3) is 0.417. The predicted molar refractivity (Wildman–Crippen MR) is 62.6 cm³/mol. The van der Waals surface area contributed by atoms with Crippen molar-refractivity contribution in [3.05, 3.63) is 24.4 Å². The lowest BCUT2D eigenvalue weighted by Crippen LogP contribution is -2.36. The van der Waals surface area contributed by atoms with E-state index >= 15 is 0 Å². The number of nitrogens with zero attached hydrogens (tertiary/aromatic N) is 1. The van der Waals surface area contributed by atoms with Gasteiger partial charge in [-0.25, -0.2) is 0 Å². The molecule has 1 saturated carbocycles. The molecule has 4 atom stereocenters. The van der Waals surface area contributed by atoms with Crippen LogP contribution in [0.15, 0.2) is 24.4 Å². The molecule has 6 heteroatoms. The van der Waals surface area contributed by atoms with Gasteiger partial charge in [-0.2, -0.15) is 5.10 Å². The molecule has 94 valence electrons. The largest absolute Gasteiger partial charge is 0.481 e. The number of fused-ring (bicyclic) bond motifs is 2. The Bertz CT molecular complexity index is 509. The van der Waals surface area contributed by atoms with Gasteiger partial charge in [-0.3, -0.25) is 14.7 Å². The number of anilines is 1. The van der Waals surface area contributed by atoms with Crippen LogP contribution in [0.5, 0.6) is 0 Å². The van der Waals surface area contributed by atoms with Gasteiger partial charge in [0.1, 0.15) is 5.82 Å². The Morgan fingerprint density at radius 1 is 1.33 bits per heavy atom. The van der Waals surface area contributed by atoms with Crippen molar-refractivity contribution in [2.45, 2.75) is 6.42 Å². The Labute approximate surface area is 103 Å². The van der Waals surface area contributed by atoms with Gasteiger partial charge >= 0.3 is 5.97 Å². The van der Waals surface area contributed by atoms with E-state index in [-0.39, 0.29) is 17.7 Å². The summed E-state index contributed by atoms with van der Waals surface area (Å²) in [5.41, 5.74) is 0. The fourth-order valence-electron chi connectivity index (χ4n) is 3.06. The first-order valence-corrected chi connectivity index (χ1v) is 5.88. The maximum atomic E-state index is 12.2. The van der Waals surface area contributed by atoms with Crippen LogP contribution in [0.1, 0.15) is 6.42 Å². The second-order valence-corrected chi connectivity index (χ2v) is 4.80. The van der Waals surface area contributed by atoms with Gasteiger partial charge in [0, 0.05) is 6.07 Å². The molecular formula is C12H13N3O3. The van der Waals surface area contributed by atoms with Crippen LogP contribution in [0.3, 0.4) is 0 Å². The van der Waals surface area contributed by atoms with Gasteiger partial charge in [-0.1, -0.05) is 12.2 Å². The van der Waals surface area contributed by atoms with Gasteiger partial charge in [0.2, 0.25) is 5.91 Å². The number of carboxylic acid groups (broad SMARTS) is 1. The highest BCUT2D eigenvalue weighted by molar-refractivity contribution is 5.95. The van der Waals surface area contributed by atoms with E-state index in [2.05, 4.69) is 15.5 Å². The van der Waals surface area contributed by atoms with Crippen LogP contribution >= 0.6 is 0 Å². The van der Waals surface area contributed by atoms with Crippen LogP contribution in [-0.4, -0.2) is 27.2 Å². The van der Waals surface area contributed by atoms with E-state index in [1.54, 1.807) is 6.07 Å². The standard InChI is InChI=1S/C12H13N3O3/c16-11(14-8-3-4-13-15-8)9-6-1-2-7(5-6)10(9)12(17)18/h1-4,6-7,9-10H,5H2,(H,17,18)(H2,13,14,15,16)/t6?,7?,9-,10+/m0/s1. The van der Waals surface area contributed by atoms with Gasteiger partial charge in [-0.15, -0.1) is 0 Å². The molecule has 0 aromatic carbocycles. The fourth-order valence-corrected chi connectivity index (χ4v) is 3.06. The summed E-state index contributed by atoms with van der Waals surface area (Å²) in [6.45, 7) is 0. The third-order valence-electron chi connectivity index (χ3n) is 3.81. The molecule has 18 heavy (non-hydrogen) atoms. The van der Waals surface area contributed by atoms with E-state index in [0.717, 1.165) is 6.42 Å². The van der Waals surface area contributed by atoms with E-state index < -0.39 is 17.8 Å². The number of carbonyl (C=O) groups excluding carboxylic acids is 1. The van der Waals surface area contributed by atoms with Crippen LogP contribution < -0.4 is 5.32 Å². The molecule has 3 N–H and O–H groups in total. The van der Waals surface area contributed by atoms with Gasteiger partial charge in [-0.05, 0) is 18.3 Å². The van der Waals surface area contributed by atoms with Crippen LogP contribution in [0.4, 0.5) is 5.82 Å². The highest BCUT2D eigenvalue weighted by Gasteiger charge is 2.51. The molecule has 2 unspecified atom stereocenters. The Morgan fingerprint density at radius 2 is 2.06 bits per heavy atom. The van der Waals surface area contributed by atoms with Crippen molar-refractivity contribution in [3.8, 4) is 0 Å². The zero-order valence-corrected chi connectivity index (χ0v) is 9.54. The molecule has 1 amide bonds.